The Balaban J connectivity index is 1.62. The van der Waals surface area contributed by atoms with Gasteiger partial charge in [0.2, 0.25) is 0 Å². The number of aromatic carboxylic acids is 1. The van der Waals surface area contributed by atoms with Crippen molar-refractivity contribution in [3.05, 3.63) is 57.0 Å². The standard InChI is InChI=1S/C19H20N2O4S/c1-12-6-5-7-14(10-12)25-9-4-3-8-21-11-20-17-15(18(21)22)13(2)16(26-17)19(23)24/h5-7,10-11H,3-4,8-9H2,1-2H3,(H,23,24). The van der Waals surface area contributed by atoms with Crippen molar-refractivity contribution in [2.45, 2.75) is 33.2 Å². The molecular weight excluding hydrogens is 352 g/mol. The topological polar surface area (TPSA) is 81.4 Å². The van der Waals surface area contributed by atoms with E-state index in [1.54, 1.807) is 11.5 Å². The van der Waals surface area contributed by atoms with E-state index in [2.05, 4.69) is 4.98 Å². The monoisotopic (exact) mass is 372 g/mol. The van der Waals surface area contributed by atoms with E-state index in [9.17, 15) is 14.7 Å². The van der Waals surface area contributed by atoms with Crippen LogP contribution in [0.25, 0.3) is 10.2 Å². The third kappa shape index (κ3) is 3.77. The fourth-order valence-electron chi connectivity index (χ4n) is 2.80. The fraction of sp³-hybridized carbons (Fsp3) is 0.316. The van der Waals surface area contributed by atoms with E-state index in [1.165, 1.54) is 6.33 Å². The minimum atomic E-state index is -1.02. The van der Waals surface area contributed by atoms with Crippen molar-refractivity contribution in [1.82, 2.24) is 9.55 Å². The van der Waals surface area contributed by atoms with Gasteiger partial charge in [0.25, 0.3) is 5.56 Å². The first-order valence-electron chi connectivity index (χ1n) is 8.38. The number of rotatable bonds is 7. The molecule has 2 heterocycles. The number of hydrogen-bond donors (Lipinski definition) is 1. The van der Waals surface area contributed by atoms with Crippen molar-refractivity contribution in [1.29, 1.82) is 0 Å². The molecule has 0 aliphatic rings. The molecule has 0 aliphatic carbocycles. The van der Waals surface area contributed by atoms with Gasteiger partial charge in [-0.05, 0) is 49.9 Å². The lowest BCUT2D eigenvalue weighted by Gasteiger charge is -2.08. The molecule has 0 fully saturated rings. The van der Waals surface area contributed by atoms with Crippen LogP contribution >= 0.6 is 11.3 Å². The number of aryl methyl sites for hydroxylation is 3. The van der Waals surface area contributed by atoms with Crippen molar-refractivity contribution < 1.29 is 14.6 Å². The summed E-state index contributed by atoms with van der Waals surface area (Å²) in [6.45, 7) is 4.78. The Labute approximate surface area is 154 Å². The molecule has 0 spiro atoms. The van der Waals surface area contributed by atoms with E-state index in [1.807, 2.05) is 31.2 Å². The van der Waals surface area contributed by atoms with Gasteiger partial charge in [0.05, 0.1) is 18.3 Å². The van der Waals surface area contributed by atoms with Crippen LogP contribution in [0.2, 0.25) is 0 Å². The number of unbranched alkanes of at least 4 members (excludes halogenated alkanes) is 1. The van der Waals surface area contributed by atoms with Crippen LogP contribution in [0.1, 0.15) is 33.6 Å². The number of nitrogens with zero attached hydrogens (tertiary/aromatic N) is 2. The molecule has 0 aliphatic heterocycles. The molecule has 6 nitrogen and oxygen atoms in total. The van der Waals surface area contributed by atoms with Crippen LogP contribution in [0, 0.1) is 13.8 Å². The zero-order chi connectivity index (χ0) is 18.7. The first-order chi connectivity index (χ1) is 12.5. The second-order valence-corrected chi connectivity index (χ2v) is 7.16. The van der Waals surface area contributed by atoms with Gasteiger partial charge in [-0.15, -0.1) is 11.3 Å². The summed E-state index contributed by atoms with van der Waals surface area (Å²) in [5.41, 5.74) is 1.46. The van der Waals surface area contributed by atoms with Crippen molar-refractivity contribution >= 4 is 27.5 Å². The second-order valence-electron chi connectivity index (χ2n) is 6.16. The second kappa shape index (κ2) is 7.70. The molecule has 0 unspecified atom stereocenters. The van der Waals surface area contributed by atoms with Crippen molar-refractivity contribution in [2.75, 3.05) is 6.61 Å². The molecule has 26 heavy (non-hydrogen) atoms. The summed E-state index contributed by atoms with van der Waals surface area (Å²) in [6, 6.07) is 7.89. The molecule has 3 rings (SSSR count). The third-order valence-electron chi connectivity index (χ3n) is 4.16. The predicted octanol–water partition coefficient (Wildman–Crippen LogP) is 3.63. The Morgan fingerprint density at radius 2 is 2.12 bits per heavy atom. The number of fused-ring (bicyclic) bond motifs is 1. The fourth-order valence-corrected chi connectivity index (χ4v) is 3.78. The maximum absolute atomic E-state index is 12.6. The highest BCUT2D eigenvalue weighted by Gasteiger charge is 2.18. The number of hydrogen-bond acceptors (Lipinski definition) is 5. The maximum atomic E-state index is 12.6. The van der Waals surface area contributed by atoms with Crippen molar-refractivity contribution in [2.24, 2.45) is 0 Å². The number of aromatic nitrogens is 2. The Morgan fingerprint density at radius 3 is 2.85 bits per heavy atom. The van der Waals surface area contributed by atoms with Gasteiger partial charge in [-0.3, -0.25) is 9.36 Å². The van der Waals surface area contributed by atoms with Gasteiger partial charge < -0.3 is 9.84 Å². The van der Waals surface area contributed by atoms with Crippen LogP contribution in [-0.4, -0.2) is 27.2 Å². The summed E-state index contributed by atoms with van der Waals surface area (Å²) in [4.78, 5) is 28.7. The van der Waals surface area contributed by atoms with Gasteiger partial charge in [0, 0.05) is 6.54 Å². The lowest BCUT2D eigenvalue weighted by molar-refractivity contribution is 0.0701. The van der Waals surface area contributed by atoms with Gasteiger partial charge in [-0.1, -0.05) is 12.1 Å². The molecular formula is C19H20N2O4S. The zero-order valence-corrected chi connectivity index (χ0v) is 15.5. The van der Waals surface area contributed by atoms with E-state index in [4.69, 9.17) is 4.74 Å². The molecule has 3 aromatic rings. The molecule has 2 aromatic heterocycles. The van der Waals surface area contributed by atoms with Gasteiger partial charge in [0.1, 0.15) is 15.5 Å². The summed E-state index contributed by atoms with van der Waals surface area (Å²) < 4.78 is 7.25. The van der Waals surface area contributed by atoms with Crippen LogP contribution < -0.4 is 10.3 Å². The Hall–Kier alpha value is -2.67. The summed E-state index contributed by atoms with van der Waals surface area (Å²) >= 11 is 1.04. The normalized spacial score (nSPS) is 11.0. The highest BCUT2D eigenvalue weighted by molar-refractivity contribution is 7.20. The Kier molecular flexibility index (Phi) is 5.37. The molecule has 7 heteroatoms. The first kappa shape index (κ1) is 18.1. The minimum absolute atomic E-state index is 0.175. The number of carbonyl (C=O) groups is 1. The van der Waals surface area contributed by atoms with Crippen LogP contribution in [0.3, 0.4) is 0 Å². The van der Waals surface area contributed by atoms with Crippen LogP contribution in [0.5, 0.6) is 5.75 Å². The summed E-state index contributed by atoms with van der Waals surface area (Å²) in [6.07, 6.45) is 3.07. The summed E-state index contributed by atoms with van der Waals surface area (Å²) in [5, 5.41) is 9.61. The van der Waals surface area contributed by atoms with Gasteiger partial charge in [-0.2, -0.15) is 0 Å². The van der Waals surface area contributed by atoms with E-state index in [0.29, 0.717) is 28.9 Å². The zero-order valence-electron chi connectivity index (χ0n) is 14.7. The lowest BCUT2D eigenvalue weighted by Crippen LogP contribution is -2.21. The number of thiophene rings is 1. The number of ether oxygens (including phenoxy) is 1. The highest BCUT2D eigenvalue weighted by atomic mass is 32.1. The van der Waals surface area contributed by atoms with Crippen LogP contribution in [0.15, 0.2) is 35.4 Å². The molecule has 0 amide bonds. The van der Waals surface area contributed by atoms with Crippen molar-refractivity contribution in [3.8, 4) is 5.75 Å². The first-order valence-corrected chi connectivity index (χ1v) is 9.20. The van der Waals surface area contributed by atoms with E-state index >= 15 is 0 Å². The summed E-state index contributed by atoms with van der Waals surface area (Å²) in [5.74, 6) is -0.176. The van der Waals surface area contributed by atoms with Crippen LogP contribution in [0.4, 0.5) is 0 Å². The molecule has 0 radical (unpaired) electrons. The number of benzene rings is 1. The minimum Gasteiger partial charge on any atom is -0.494 e. The molecule has 1 aromatic carbocycles. The molecule has 0 atom stereocenters. The molecule has 0 bridgehead atoms. The number of carboxylic acids is 1. The molecule has 0 saturated carbocycles. The van der Waals surface area contributed by atoms with Crippen molar-refractivity contribution in [3.63, 3.8) is 0 Å². The van der Waals surface area contributed by atoms with Crippen LogP contribution in [-0.2, 0) is 6.54 Å². The van der Waals surface area contributed by atoms with E-state index < -0.39 is 5.97 Å². The highest BCUT2D eigenvalue weighted by Crippen LogP contribution is 2.26. The van der Waals surface area contributed by atoms with Gasteiger partial charge in [0.15, 0.2) is 0 Å². The summed E-state index contributed by atoms with van der Waals surface area (Å²) in [7, 11) is 0. The third-order valence-corrected chi connectivity index (χ3v) is 5.35. The Bertz CT molecular complexity index is 1010. The molecule has 136 valence electrons. The number of carboxylic acid groups (broad SMARTS) is 1. The quantitative estimate of drug-likeness (QED) is 0.641. The molecule has 1 N–H and O–H groups in total. The van der Waals surface area contributed by atoms with Gasteiger partial charge in [-0.25, -0.2) is 9.78 Å². The lowest BCUT2D eigenvalue weighted by atomic mass is 10.2. The average molecular weight is 372 g/mol. The average Bonchev–Trinajstić information content (AvgIpc) is 2.94. The Morgan fingerprint density at radius 1 is 1.31 bits per heavy atom. The maximum Gasteiger partial charge on any atom is 0.346 e. The largest absolute Gasteiger partial charge is 0.494 e. The smallest absolute Gasteiger partial charge is 0.346 e. The molecule has 0 saturated heterocycles. The van der Waals surface area contributed by atoms with E-state index in [0.717, 1.165) is 35.5 Å². The predicted molar refractivity (Wildman–Crippen MR) is 101 cm³/mol. The SMILES string of the molecule is Cc1cccc(OCCCCn2cnc3sc(C(=O)O)c(C)c3c2=O)c1. The van der Waals surface area contributed by atoms with E-state index in [-0.39, 0.29) is 10.4 Å². The van der Waals surface area contributed by atoms with Gasteiger partial charge >= 0.3 is 5.97 Å².